The van der Waals surface area contributed by atoms with Gasteiger partial charge in [0.1, 0.15) is 0 Å². The van der Waals surface area contributed by atoms with Gasteiger partial charge in [0.2, 0.25) is 0 Å². The Balaban J connectivity index is 1.98. The molecule has 0 unspecified atom stereocenters. The lowest BCUT2D eigenvalue weighted by molar-refractivity contribution is -0.169. The van der Waals surface area contributed by atoms with Crippen LogP contribution in [0.5, 0.6) is 0 Å². The molecule has 2 rings (SSSR count). The van der Waals surface area contributed by atoms with Crippen LogP contribution in [0.2, 0.25) is 0 Å². The van der Waals surface area contributed by atoms with Gasteiger partial charge in [0, 0.05) is 32.1 Å². The van der Waals surface area contributed by atoms with Crippen LogP contribution < -0.4 is 5.32 Å². The smallest absolute Gasteiger partial charge is 0.327 e. The summed E-state index contributed by atoms with van der Waals surface area (Å²) in [5.74, 6) is -4.96. The largest absolute Gasteiger partial charge is 0.335 e. The van der Waals surface area contributed by atoms with Gasteiger partial charge in [-0.05, 0) is 33.0 Å². The Morgan fingerprint density at radius 2 is 1.72 bits per heavy atom. The highest BCUT2D eigenvalue weighted by atomic mass is 19.3. The summed E-state index contributed by atoms with van der Waals surface area (Å²) in [4.78, 5) is 15.3. The van der Waals surface area contributed by atoms with Crippen molar-refractivity contribution in [2.45, 2.75) is 18.8 Å². The van der Waals surface area contributed by atoms with Gasteiger partial charge in [-0.25, -0.2) is 0 Å². The van der Waals surface area contributed by atoms with E-state index in [1.54, 1.807) is 0 Å². The Morgan fingerprint density at radius 3 is 2.28 bits per heavy atom. The monoisotopic (exact) mass is 261 g/mol. The van der Waals surface area contributed by atoms with E-state index in [4.69, 9.17) is 0 Å². The van der Waals surface area contributed by atoms with Crippen molar-refractivity contribution in [2.24, 2.45) is 5.92 Å². The van der Waals surface area contributed by atoms with Crippen molar-refractivity contribution in [1.82, 2.24) is 15.1 Å². The maximum Gasteiger partial charge on any atom is 0.327 e. The summed E-state index contributed by atoms with van der Waals surface area (Å²) >= 11 is 0. The highest BCUT2D eigenvalue weighted by Crippen LogP contribution is 2.34. The number of carbonyl (C=O) groups excluding carboxylic acids is 1. The number of likely N-dealkylation sites (tertiary alicyclic amines) is 1. The third kappa shape index (κ3) is 2.80. The van der Waals surface area contributed by atoms with Crippen LogP contribution in [0.3, 0.4) is 0 Å². The first-order valence-corrected chi connectivity index (χ1v) is 6.58. The first-order chi connectivity index (χ1) is 8.51. The SMILES string of the molecule is CN1CCC(C(F)(F)C(=O)N2CCNCC2)CC1. The molecule has 0 saturated carbocycles. The molecule has 4 nitrogen and oxygen atoms in total. The van der Waals surface area contributed by atoms with E-state index in [1.165, 1.54) is 4.90 Å². The molecule has 2 saturated heterocycles. The predicted octanol–water partition coefficient (Wildman–Crippen LogP) is 0.395. The number of piperidine rings is 1. The molecular weight excluding hydrogens is 240 g/mol. The Labute approximate surface area is 106 Å². The van der Waals surface area contributed by atoms with Gasteiger partial charge in [0.15, 0.2) is 0 Å². The number of halogens is 2. The number of nitrogens with one attached hydrogen (secondary N) is 1. The molecule has 0 aliphatic carbocycles. The van der Waals surface area contributed by atoms with Crippen molar-refractivity contribution in [3.05, 3.63) is 0 Å². The zero-order chi connectivity index (χ0) is 13.2. The molecule has 0 aromatic carbocycles. The summed E-state index contributed by atoms with van der Waals surface area (Å²) in [7, 11) is 1.92. The van der Waals surface area contributed by atoms with Gasteiger partial charge < -0.3 is 15.1 Å². The summed E-state index contributed by atoms with van der Waals surface area (Å²) in [6.07, 6.45) is 0.808. The fourth-order valence-electron chi connectivity index (χ4n) is 2.62. The lowest BCUT2D eigenvalue weighted by atomic mass is 9.89. The van der Waals surface area contributed by atoms with Crippen molar-refractivity contribution >= 4 is 5.91 Å². The van der Waals surface area contributed by atoms with Gasteiger partial charge in [-0.3, -0.25) is 4.79 Å². The summed E-state index contributed by atoms with van der Waals surface area (Å²) in [6.45, 7) is 3.29. The average Bonchev–Trinajstić information content (AvgIpc) is 2.39. The second kappa shape index (κ2) is 5.48. The normalized spacial score (nSPS) is 24.3. The molecule has 0 radical (unpaired) electrons. The molecule has 0 aromatic heterocycles. The molecular formula is C12H21F2N3O. The minimum Gasteiger partial charge on any atom is -0.335 e. The third-order valence-electron chi connectivity index (χ3n) is 3.92. The van der Waals surface area contributed by atoms with Crippen molar-refractivity contribution in [1.29, 1.82) is 0 Å². The summed E-state index contributed by atoms with van der Waals surface area (Å²) < 4.78 is 28.4. The van der Waals surface area contributed by atoms with Crippen LogP contribution in [0.25, 0.3) is 0 Å². The van der Waals surface area contributed by atoms with E-state index in [0.29, 0.717) is 52.1 Å². The van der Waals surface area contributed by atoms with Gasteiger partial charge in [-0.15, -0.1) is 0 Å². The molecule has 2 fully saturated rings. The van der Waals surface area contributed by atoms with Crippen LogP contribution in [0, 0.1) is 5.92 Å². The number of rotatable bonds is 2. The maximum atomic E-state index is 14.2. The molecule has 0 bridgehead atoms. The second-order valence-corrected chi connectivity index (χ2v) is 5.24. The summed E-state index contributed by atoms with van der Waals surface area (Å²) in [5, 5.41) is 3.06. The molecule has 1 N–H and O–H groups in total. The number of piperazine rings is 1. The Hall–Kier alpha value is -0.750. The van der Waals surface area contributed by atoms with Crippen LogP contribution in [-0.4, -0.2) is 67.9 Å². The Morgan fingerprint density at radius 1 is 1.17 bits per heavy atom. The molecule has 0 aromatic rings. The van der Waals surface area contributed by atoms with E-state index >= 15 is 0 Å². The Bertz CT molecular complexity index is 298. The molecule has 6 heteroatoms. The van der Waals surface area contributed by atoms with Crippen LogP contribution >= 0.6 is 0 Å². The molecule has 1 amide bonds. The molecule has 18 heavy (non-hydrogen) atoms. The van der Waals surface area contributed by atoms with Gasteiger partial charge in [0.05, 0.1) is 0 Å². The standard InChI is InChI=1S/C12H21F2N3O/c1-16-6-2-10(3-7-16)12(13,14)11(18)17-8-4-15-5-9-17/h10,15H,2-9H2,1H3. The highest BCUT2D eigenvalue weighted by Gasteiger charge is 2.49. The minimum atomic E-state index is -3.20. The van der Waals surface area contributed by atoms with Crippen molar-refractivity contribution in [2.75, 3.05) is 46.3 Å². The molecule has 2 aliphatic heterocycles. The van der Waals surface area contributed by atoms with E-state index < -0.39 is 17.7 Å². The van der Waals surface area contributed by atoms with Crippen molar-refractivity contribution < 1.29 is 13.6 Å². The second-order valence-electron chi connectivity index (χ2n) is 5.24. The zero-order valence-corrected chi connectivity index (χ0v) is 10.8. The van der Waals surface area contributed by atoms with Gasteiger partial charge in [-0.1, -0.05) is 0 Å². The molecule has 0 spiro atoms. The zero-order valence-electron chi connectivity index (χ0n) is 10.8. The first kappa shape index (κ1) is 13.7. The van der Waals surface area contributed by atoms with E-state index in [1.807, 2.05) is 11.9 Å². The molecule has 2 aliphatic rings. The predicted molar refractivity (Wildman–Crippen MR) is 64.6 cm³/mol. The van der Waals surface area contributed by atoms with E-state index in [0.717, 1.165) is 0 Å². The molecule has 104 valence electrons. The van der Waals surface area contributed by atoms with Crippen molar-refractivity contribution in [3.8, 4) is 0 Å². The summed E-state index contributed by atoms with van der Waals surface area (Å²) in [5.41, 5.74) is 0. The number of hydrogen-bond donors (Lipinski definition) is 1. The number of hydrogen-bond acceptors (Lipinski definition) is 3. The lowest BCUT2D eigenvalue weighted by Gasteiger charge is -2.37. The number of alkyl halides is 2. The number of nitrogens with zero attached hydrogens (tertiary/aromatic N) is 2. The van der Waals surface area contributed by atoms with Gasteiger partial charge in [0.25, 0.3) is 5.91 Å². The highest BCUT2D eigenvalue weighted by molar-refractivity contribution is 5.84. The van der Waals surface area contributed by atoms with E-state index in [-0.39, 0.29) is 0 Å². The van der Waals surface area contributed by atoms with E-state index in [2.05, 4.69) is 5.32 Å². The average molecular weight is 261 g/mol. The van der Waals surface area contributed by atoms with Crippen LogP contribution in [-0.2, 0) is 4.79 Å². The Kier molecular flexibility index (Phi) is 4.17. The molecule has 2 heterocycles. The van der Waals surface area contributed by atoms with Gasteiger partial charge >= 0.3 is 5.92 Å². The first-order valence-electron chi connectivity index (χ1n) is 6.58. The lowest BCUT2D eigenvalue weighted by Crippen LogP contribution is -2.55. The van der Waals surface area contributed by atoms with Crippen LogP contribution in [0.15, 0.2) is 0 Å². The van der Waals surface area contributed by atoms with Gasteiger partial charge in [-0.2, -0.15) is 8.78 Å². The van der Waals surface area contributed by atoms with Crippen molar-refractivity contribution in [3.63, 3.8) is 0 Å². The topological polar surface area (TPSA) is 35.6 Å². The fraction of sp³-hybridized carbons (Fsp3) is 0.917. The third-order valence-corrected chi connectivity index (χ3v) is 3.92. The number of amides is 1. The van der Waals surface area contributed by atoms with E-state index in [9.17, 15) is 13.6 Å². The molecule has 0 atom stereocenters. The maximum absolute atomic E-state index is 14.2. The number of carbonyl (C=O) groups is 1. The van der Waals surface area contributed by atoms with Crippen LogP contribution in [0.4, 0.5) is 8.78 Å². The fourth-order valence-corrected chi connectivity index (χ4v) is 2.62. The summed E-state index contributed by atoms with van der Waals surface area (Å²) in [6, 6.07) is 0. The quantitative estimate of drug-likeness (QED) is 0.781. The van der Waals surface area contributed by atoms with Crippen LogP contribution in [0.1, 0.15) is 12.8 Å². The minimum absolute atomic E-state index is 0.390.